The number of hydrogen-bond donors (Lipinski definition) is 0. The number of hydrogen-bond acceptors (Lipinski definition) is 3. The van der Waals surface area contributed by atoms with Gasteiger partial charge in [0.2, 0.25) is 5.91 Å². The molecule has 128 valence electrons. The number of ether oxygens (including phenoxy) is 1. The lowest BCUT2D eigenvalue weighted by Crippen LogP contribution is -2.42. The second-order valence-electron chi connectivity index (χ2n) is 6.58. The molecule has 0 bridgehead atoms. The van der Waals surface area contributed by atoms with Crippen LogP contribution in [-0.2, 0) is 17.6 Å². The van der Waals surface area contributed by atoms with Crippen LogP contribution >= 0.6 is 0 Å². The number of furan rings is 1. The van der Waals surface area contributed by atoms with E-state index in [4.69, 9.17) is 9.15 Å². The summed E-state index contributed by atoms with van der Waals surface area (Å²) in [6.07, 6.45) is 4.03. The summed E-state index contributed by atoms with van der Waals surface area (Å²) < 4.78 is 10.9. The SMILES string of the molecule is COc1ccc2c(CC(=O)N3c4ccccc4CCC3C)coc2c1. The fraction of sp³-hybridized carbons (Fsp3) is 0.286. The van der Waals surface area contributed by atoms with Gasteiger partial charge >= 0.3 is 0 Å². The number of carbonyl (C=O) groups excluding carboxylic acids is 1. The van der Waals surface area contributed by atoms with Gasteiger partial charge in [0.25, 0.3) is 0 Å². The van der Waals surface area contributed by atoms with Crippen LogP contribution in [0.2, 0.25) is 0 Å². The predicted molar refractivity (Wildman–Crippen MR) is 98.2 cm³/mol. The molecule has 4 rings (SSSR count). The molecule has 0 N–H and O–H groups in total. The maximum absolute atomic E-state index is 13.1. The third-order valence-electron chi connectivity index (χ3n) is 5.00. The van der Waals surface area contributed by atoms with Crippen molar-refractivity contribution in [1.29, 1.82) is 0 Å². The molecule has 0 spiro atoms. The van der Waals surface area contributed by atoms with Crippen molar-refractivity contribution in [2.75, 3.05) is 12.0 Å². The van der Waals surface area contributed by atoms with E-state index in [1.807, 2.05) is 41.3 Å². The van der Waals surface area contributed by atoms with Gasteiger partial charge in [-0.25, -0.2) is 0 Å². The molecule has 4 heteroatoms. The molecule has 2 aromatic carbocycles. The molecule has 1 aliphatic heterocycles. The van der Waals surface area contributed by atoms with E-state index in [1.165, 1.54) is 5.56 Å². The van der Waals surface area contributed by atoms with Gasteiger partial charge in [-0.05, 0) is 43.5 Å². The monoisotopic (exact) mass is 335 g/mol. The number of rotatable bonds is 3. The zero-order valence-electron chi connectivity index (χ0n) is 14.5. The fourth-order valence-electron chi connectivity index (χ4n) is 3.64. The molecule has 0 radical (unpaired) electrons. The quantitative estimate of drug-likeness (QED) is 0.714. The maximum Gasteiger partial charge on any atom is 0.231 e. The number of aryl methyl sites for hydroxylation is 1. The largest absolute Gasteiger partial charge is 0.497 e. The Hall–Kier alpha value is -2.75. The Balaban J connectivity index is 1.64. The van der Waals surface area contributed by atoms with Crippen molar-refractivity contribution >= 4 is 22.6 Å². The summed E-state index contributed by atoms with van der Waals surface area (Å²) in [5.74, 6) is 0.858. The molecule has 0 aliphatic carbocycles. The van der Waals surface area contributed by atoms with E-state index in [9.17, 15) is 4.79 Å². The highest BCUT2D eigenvalue weighted by molar-refractivity contribution is 5.98. The van der Waals surface area contributed by atoms with Crippen molar-refractivity contribution in [3.8, 4) is 5.75 Å². The molecule has 25 heavy (non-hydrogen) atoms. The predicted octanol–water partition coefficient (Wildman–Crippen LogP) is 4.35. The summed E-state index contributed by atoms with van der Waals surface area (Å²) in [4.78, 5) is 15.0. The van der Waals surface area contributed by atoms with Crippen molar-refractivity contribution in [1.82, 2.24) is 0 Å². The third-order valence-corrected chi connectivity index (χ3v) is 5.00. The van der Waals surface area contributed by atoms with Crippen LogP contribution in [0.25, 0.3) is 11.0 Å². The molecular formula is C21H21NO3. The number of amides is 1. The summed E-state index contributed by atoms with van der Waals surface area (Å²) in [6, 6.07) is 14.1. The maximum atomic E-state index is 13.1. The Morgan fingerprint density at radius 3 is 2.96 bits per heavy atom. The lowest BCUT2D eigenvalue weighted by molar-refractivity contribution is -0.118. The van der Waals surface area contributed by atoms with Gasteiger partial charge in [0.1, 0.15) is 11.3 Å². The normalized spacial score (nSPS) is 16.7. The van der Waals surface area contributed by atoms with Gasteiger partial charge in [0.15, 0.2) is 0 Å². The average Bonchev–Trinajstić information content (AvgIpc) is 3.03. The van der Waals surface area contributed by atoms with E-state index in [-0.39, 0.29) is 11.9 Å². The number of benzene rings is 2. The van der Waals surface area contributed by atoms with E-state index in [0.29, 0.717) is 6.42 Å². The number of fused-ring (bicyclic) bond motifs is 2. The van der Waals surface area contributed by atoms with Crippen LogP contribution in [0.3, 0.4) is 0 Å². The molecule has 1 amide bonds. The first-order valence-corrected chi connectivity index (χ1v) is 8.61. The van der Waals surface area contributed by atoms with E-state index in [1.54, 1.807) is 13.4 Å². The van der Waals surface area contributed by atoms with Gasteiger partial charge in [-0.15, -0.1) is 0 Å². The number of anilines is 1. The fourth-order valence-corrected chi connectivity index (χ4v) is 3.64. The number of para-hydroxylation sites is 1. The first-order chi connectivity index (χ1) is 12.2. The standard InChI is InChI=1S/C21H21NO3/c1-14-7-8-15-5-3-4-6-19(15)22(14)21(23)11-16-13-25-20-12-17(24-2)9-10-18(16)20/h3-6,9-10,12-14H,7-8,11H2,1-2H3. The van der Waals surface area contributed by atoms with Gasteiger partial charge in [-0.1, -0.05) is 18.2 Å². The number of methoxy groups -OCH3 is 1. The molecule has 1 aliphatic rings. The second kappa shape index (κ2) is 6.28. The second-order valence-corrected chi connectivity index (χ2v) is 6.58. The van der Waals surface area contributed by atoms with Gasteiger partial charge in [-0.2, -0.15) is 0 Å². The molecule has 2 heterocycles. The number of nitrogens with zero attached hydrogens (tertiary/aromatic N) is 1. The molecule has 0 saturated heterocycles. The first-order valence-electron chi connectivity index (χ1n) is 8.61. The van der Waals surface area contributed by atoms with E-state index in [0.717, 1.165) is 40.8 Å². The Bertz CT molecular complexity index is 928. The van der Waals surface area contributed by atoms with Crippen LogP contribution in [0.4, 0.5) is 5.69 Å². The van der Waals surface area contributed by atoms with Gasteiger partial charge in [-0.3, -0.25) is 4.79 Å². The minimum atomic E-state index is 0.109. The van der Waals surface area contributed by atoms with Crippen molar-refractivity contribution in [3.63, 3.8) is 0 Å². The average molecular weight is 335 g/mol. The van der Waals surface area contributed by atoms with Crippen LogP contribution in [0, 0.1) is 0 Å². The Morgan fingerprint density at radius 2 is 2.12 bits per heavy atom. The highest BCUT2D eigenvalue weighted by Gasteiger charge is 2.28. The minimum Gasteiger partial charge on any atom is -0.497 e. The van der Waals surface area contributed by atoms with Gasteiger partial charge in [0.05, 0.1) is 19.8 Å². The molecule has 1 atom stereocenters. The lowest BCUT2D eigenvalue weighted by atomic mass is 9.96. The van der Waals surface area contributed by atoms with Crippen molar-refractivity contribution < 1.29 is 13.9 Å². The Labute approximate surface area is 147 Å². The van der Waals surface area contributed by atoms with Crippen molar-refractivity contribution in [3.05, 3.63) is 59.9 Å². The zero-order valence-corrected chi connectivity index (χ0v) is 14.5. The van der Waals surface area contributed by atoms with Crippen molar-refractivity contribution in [2.24, 2.45) is 0 Å². The third kappa shape index (κ3) is 2.78. The Morgan fingerprint density at radius 1 is 1.28 bits per heavy atom. The number of carbonyl (C=O) groups is 1. The van der Waals surface area contributed by atoms with E-state index in [2.05, 4.69) is 13.0 Å². The van der Waals surface area contributed by atoms with Gasteiger partial charge < -0.3 is 14.1 Å². The van der Waals surface area contributed by atoms with E-state index < -0.39 is 0 Å². The molecule has 3 aromatic rings. The van der Waals surface area contributed by atoms with Crippen LogP contribution < -0.4 is 9.64 Å². The smallest absolute Gasteiger partial charge is 0.231 e. The highest BCUT2D eigenvalue weighted by Crippen LogP contribution is 2.32. The molecule has 0 saturated carbocycles. The molecule has 1 aromatic heterocycles. The summed E-state index contributed by atoms with van der Waals surface area (Å²) in [5.41, 5.74) is 3.95. The molecular weight excluding hydrogens is 314 g/mol. The van der Waals surface area contributed by atoms with Crippen LogP contribution in [-0.4, -0.2) is 19.1 Å². The van der Waals surface area contributed by atoms with Crippen LogP contribution in [0.15, 0.2) is 53.1 Å². The van der Waals surface area contributed by atoms with Gasteiger partial charge in [0, 0.05) is 28.7 Å². The summed E-state index contributed by atoms with van der Waals surface area (Å²) in [6.45, 7) is 2.12. The molecule has 0 fully saturated rings. The molecule has 1 unspecified atom stereocenters. The highest BCUT2D eigenvalue weighted by atomic mass is 16.5. The molecule has 4 nitrogen and oxygen atoms in total. The first kappa shape index (κ1) is 15.8. The van der Waals surface area contributed by atoms with Crippen LogP contribution in [0.1, 0.15) is 24.5 Å². The lowest BCUT2D eigenvalue weighted by Gasteiger charge is -2.35. The topological polar surface area (TPSA) is 42.7 Å². The Kier molecular flexibility index (Phi) is 3.96. The van der Waals surface area contributed by atoms with Crippen LogP contribution in [0.5, 0.6) is 5.75 Å². The van der Waals surface area contributed by atoms with Crippen molar-refractivity contribution in [2.45, 2.75) is 32.2 Å². The summed E-state index contributed by atoms with van der Waals surface area (Å²) in [5, 5.41) is 0.965. The minimum absolute atomic E-state index is 0.109. The zero-order chi connectivity index (χ0) is 17.4. The summed E-state index contributed by atoms with van der Waals surface area (Å²) >= 11 is 0. The summed E-state index contributed by atoms with van der Waals surface area (Å²) in [7, 11) is 1.63. The van der Waals surface area contributed by atoms with E-state index >= 15 is 0 Å².